The summed E-state index contributed by atoms with van der Waals surface area (Å²) in [7, 11) is 1.93. The van der Waals surface area contributed by atoms with Crippen LogP contribution in [0.1, 0.15) is 18.9 Å². The predicted octanol–water partition coefficient (Wildman–Crippen LogP) is 3.58. The van der Waals surface area contributed by atoms with Gasteiger partial charge in [-0.25, -0.2) is 4.39 Å². The zero-order valence-electron chi connectivity index (χ0n) is 9.69. The van der Waals surface area contributed by atoms with Crippen LogP contribution in [0.2, 0.25) is 5.02 Å². The molecule has 1 nitrogen and oxygen atoms in total. The second-order valence-electron chi connectivity index (χ2n) is 3.87. The molecule has 0 aliphatic rings. The summed E-state index contributed by atoms with van der Waals surface area (Å²) in [6, 6.07) is 4.96. The Hall–Kier alpha value is -0.860. The maximum Gasteiger partial charge on any atom is 0.142 e. The summed E-state index contributed by atoms with van der Waals surface area (Å²) in [5.41, 5.74) is 2.21. The van der Waals surface area contributed by atoms with Gasteiger partial charge in [-0.3, -0.25) is 0 Å². The highest BCUT2D eigenvalue weighted by atomic mass is 35.5. The summed E-state index contributed by atoms with van der Waals surface area (Å²) in [6.45, 7) is 3.02. The molecule has 0 bridgehead atoms. The van der Waals surface area contributed by atoms with Crippen molar-refractivity contribution >= 4 is 11.6 Å². The molecule has 0 atom stereocenters. The van der Waals surface area contributed by atoms with Crippen molar-refractivity contribution in [2.75, 3.05) is 13.6 Å². The van der Waals surface area contributed by atoms with E-state index < -0.39 is 0 Å². The topological polar surface area (TPSA) is 12.0 Å². The maximum atomic E-state index is 13.2. The van der Waals surface area contributed by atoms with Gasteiger partial charge in [0.1, 0.15) is 5.82 Å². The van der Waals surface area contributed by atoms with Gasteiger partial charge in [0.05, 0.1) is 5.02 Å². The van der Waals surface area contributed by atoms with Crippen LogP contribution in [0.3, 0.4) is 0 Å². The molecule has 0 fully saturated rings. The third-order valence-electron chi connectivity index (χ3n) is 2.35. The molecular weight excluding hydrogens is 225 g/mol. The molecule has 0 aromatic heterocycles. The summed E-state index contributed by atoms with van der Waals surface area (Å²) in [6.07, 6.45) is 3.94. The first-order valence-electron chi connectivity index (χ1n) is 5.37. The molecule has 3 heteroatoms. The van der Waals surface area contributed by atoms with Crippen molar-refractivity contribution in [2.45, 2.75) is 19.8 Å². The van der Waals surface area contributed by atoms with E-state index in [4.69, 9.17) is 11.6 Å². The standard InChI is InChI=1S/C13H17ClFN/c1-10(4-3-7-16-2)8-11-5-6-12(14)13(15)9-11/h4-6,9,16H,3,7-8H2,1-2H3/b10-4-. The van der Waals surface area contributed by atoms with Gasteiger partial charge in [-0.05, 0) is 51.1 Å². The largest absolute Gasteiger partial charge is 0.319 e. The molecule has 0 amide bonds. The zero-order valence-corrected chi connectivity index (χ0v) is 10.4. The average Bonchev–Trinajstić information content (AvgIpc) is 2.24. The number of halogens is 2. The quantitative estimate of drug-likeness (QED) is 0.614. The molecule has 0 saturated heterocycles. The third kappa shape index (κ3) is 4.33. The molecular formula is C13H17ClFN. The van der Waals surface area contributed by atoms with Crippen LogP contribution in [0.25, 0.3) is 0 Å². The Morgan fingerprint density at radius 1 is 1.50 bits per heavy atom. The minimum Gasteiger partial charge on any atom is -0.319 e. The minimum absolute atomic E-state index is 0.181. The highest BCUT2D eigenvalue weighted by Crippen LogP contribution is 2.17. The van der Waals surface area contributed by atoms with Crippen LogP contribution < -0.4 is 5.32 Å². The smallest absolute Gasteiger partial charge is 0.142 e. The van der Waals surface area contributed by atoms with Gasteiger partial charge in [0, 0.05) is 0 Å². The van der Waals surface area contributed by atoms with E-state index in [1.807, 2.05) is 13.1 Å². The van der Waals surface area contributed by atoms with Gasteiger partial charge in [-0.2, -0.15) is 0 Å². The molecule has 16 heavy (non-hydrogen) atoms. The van der Waals surface area contributed by atoms with E-state index in [-0.39, 0.29) is 10.8 Å². The fourth-order valence-corrected chi connectivity index (χ4v) is 1.62. The Morgan fingerprint density at radius 2 is 2.25 bits per heavy atom. The van der Waals surface area contributed by atoms with E-state index in [1.54, 1.807) is 6.07 Å². The molecule has 0 spiro atoms. The normalized spacial score (nSPS) is 11.9. The Morgan fingerprint density at radius 3 is 2.88 bits per heavy atom. The fourth-order valence-electron chi connectivity index (χ4n) is 1.51. The Labute approximate surface area is 101 Å². The highest BCUT2D eigenvalue weighted by Gasteiger charge is 2.01. The number of hydrogen-bond donors (Lipinski definition) is 1. The molecule has 1 aromatic carbocycles. The van der Waals surface area contributed by atoms with E-state index in [1.165, 1.54) is 11.6 Å². The number of allylic oxidation sites excluding steroid dienone is 1. The lowest BCUT2D eigenvalue weighted by Gasteiger charge is -2.03. The molecule has 0 heterocycles. The van der Waals surface area contributed by atoms with Crippen LogP contribution in [0.5, 0.6) is 0 Å². The Bertz CT molecular complexity index is 374. The van der Waals surface area contributed by atoms with E-state index in [0.717, 1.165) is 24.9 Å². The van der Waals surface area contributed by atoms with E-state index in [2.05, 4.69) is 18.3 Å². The lowest BCUT2D eigenvalue weighted by Crippen LogP contribution is -2.06. The van der Waals surface area contributed by atoms with E-state index >= 15 is 0 Å². The fraction of sp³-hybridized carbons (Fsp3) is 0.385. The van der Waals surface area contributed by atoms with Crippen molar-refractivity contribution in [1.29, 1.82) is 0 Å². The molecule has 0 saturated carbocycles. The van der Waals surface area contributed by atoms with Crippen molar-refractivity contribution < 1.29 is 4.39 Å². The number of nitrogens with one attached hydrogen (secondary N) is 1. The molecule has 1 N–H and O–H groups in total. The predicted molar refractivity (Wildman–Crippen MR) is 67.4 cm³/mol. The number of benzene rings is 1. The molecule has 0 aliphatic heterocycles. The molecule has 1 aromatic rings. The SMILES string of the molecule is CNCC/C=C(/C)Cc1ccc(Cl)c(F)c1. The molecule has 88 valence electrons. The third-order valence-corrected chi connectivity index (χ3v) is 2.66. The lowest BCUT2D eigenvalue weighted by molar-refractivity contribution is 0.626. The van der Waals surface area contributed by atoms with Gasteiger partial charge in [0.15, 0.2) is 0 Å². The van der Waals surface area contributed by atoms with Crippen LogP contribution in [0.4, 0.5) is 4.39 Å². The second-order valence-corrected chi connectivity index (χ2v) is 4.28. The lowest BCUT2D eigenvalue weighted by atomic mass is 10.1. The Balaban J connectivity index is 2.59. The van der Waals surface area contributed by atoms with Crippen LogP contribution in [0.15, 0.2) is 29.8 Å². The van der Waals surface area contributed by atoms with Crippen LogP contribution in [-0.2, 0) is 6.42 Å². The van der Waals surface area contributed by atoms with Gasteiger partial charge in [-0.1, -0.05) is 29.3 Å². The van der Waals surface area contributed by atoms with Crippen molar-refractivity contribution in [3.63, 3.8) is 0 Å². The van der Waals surface area contributed by atoms with Crippen LogP contribution >= 0.6 is 11.6 Å². The van der Waals surface area contributed by atoms with Gasteiger partial charge in [-0.15, -0.1) is 0 Å². The molecule has 1 rings (SSSR count). The first-order chi connectivity index (χ1) is 7.63. The number of hydrogen-bond acceptors (Lipinski definition) is 1. The first kappa shape index (κ1) is 13.2. The van der Waals surface area contributed by atoms with Crippen LogP contribution in [-0.4, -0.2) is 13.6 Å². The number of rotatable bonds is 5. The van der Waals surface area contributed by atoms with Crippen LogP contribution in [0, 0.1) is 5.82 Å². The van der Waals surface area contributed by atoms with E-state index in [9.17, 15) is 4.39 Å². The van der Waals surface area contributed by atoms with Crippen molar-refractivity contribution in [2.24, 2.45) is 0 Å². The summed E-state index contributed by atoms with van der Waals surface area (Å²) < 4.78 is 13.2. The van der Waals surface area contributed by atoms with Crippen molar-refractivity contribution in [3.05, 3.63) is 46.3 Å². The summed E-state index contributed by atoms with van der Waals surface area (Å²) in [5.74, 6) is -0.345. The monoisotopic (exact) mass is 241 g/mol. The van der Waals surface area contributed by atoms with Gasteiger partial charge < -0.3 is 5.32 Å². The minimum atomic E-state index is -0.345. The summed E-state index contributed by atoms with van der Waals surface area (Å²) >= 11 is 5.62. The van der Waals surface area contributed by atoms with Gasteiger partial charge in [0.25, 0.3) is 0 Å². The maximum absolute atomic E-state index is 13.2. The van der Waals surface area contributed by atoms with Crippen molar-refractivity contribution in [3.8, 4) is 0 Å². The average molecular weight is 242 g/mol. The Kier molecular flexibility index (Phi) is 5.50. The van der Waals surface area contributed by atoms with E-state index in [0.29, 0.717) is 0 Å². The molecule has 0 aliphatic carbocycles. The molecule has 0 radical (unpaired) electrons. The summed E-state index contributed by atoms with van der Waals surface area (Å²) in [4.78, 5) is 0. The second kappa shape index (κ2) is 6.66. The highest BCUT2D eigenvalue weighted by molar-refractivity contribution is 6.30. The van der Waals surface area contributed by atoms with Gasteiger partial charge in [0.2, 0.25) is 0 Å². The molecule has 0 unspecified atom stereocenters. The van der Waals surface area contributed by atoms with Gasteiger partial charge >= 0.3 is 0 Å². The van der Waals surface area contributed by atoms with Crippen molar-refractivity contribution in [1.82, 2.24) is 5.32 Å². The summed E-state index contributed by atoms with van der Waals surface area (Å²) in [5, 5.41) is 3.26. The zero-order chi connectivity index (χ0) is 12.0. The first-order valence-corrected chi connectivity index (χ1v) is 5.75.